The van der Waals surface area contributed by atoms with E-state index in [2.05, 4.69) is 78.8 Å². The lowest BCUT2D eigenvalue weighted by atomic mass is 9.88. The van der Waals surface area contributed by atoms with E-state index in [0.29, 0.717) is 5.04 Å². The van der Waals surface area contributed by atoms with Crippen LogP contribution in [0.3, 0.4) is 0 Å². The molecule has 0 rings (SSSR count). The summed E-state index contributed by atoms with van der Waals surface area (Å²) in [6, 6.07) is 0. The number of rotatable bonds is 6. The van der Waals surface area contributed by atoms with Crippen molar-refractivity contribution in [1.82, 2.24) is 0 Å². The van der Waals surface area contributed by atoms with Gasteiger partial charge in [-0.3, -0.25) is 0 Å². The predicted molar refractivity (Wildman–Crippen MR) is 102 cm³/mol. The summed E-state index contributed by atoms with van der Waals surface area (Å²) >= 11 is 0. The second kappa shape index (κ2) is 7.48. The topological polar surface area (TPSA) is 9.23 Å². The first kappa shape index (κ1) is 21.0. The maximum atomic E-state index is 6.23. The Morgan fingerprint density at radius 2 is 1.38 bits per heavy atom. The van der Waals surface area contributed by atoms with Gasteiger partial charge in [-0.1, -0.05) is 40.4 Å². The van der Waals surface area contributed by atoms with Gasteiger partial charge in [-0.25, -0.2) is 0 Å². The van der Waals surface area contributed by atoms with Crippen LogP contribution in [-0.2, 0) is 4.43 Å². The van der Waals surface area contributed by atoms with Crippen LogP contribution in [0.25, 0.3) is 0 Å². The summed E-state index contributed by atoms with van der Waals surface area (Å²) in [4.78, 5) is 0. The van der Waals surface area contributed by atoms with E-state index in [1.54, 1.807) is 0 Å². The Hall–Kier alpha value is -0.0462. The lowest BCUT2D eigenvalue weighted by Gasteiger charge is -2.36. The van der Waals surface area contributed by atoms with Crippen LogP contribution in [0, 0.1) is 16.9 Å². The molecule has 1 nitrogen and oxygen atoms in total. The van der Waals surface area contributed by atoms with Gasteiger partial charge in [-0.05, 0) is 51.2 Å². The van der Waals surface area contributed by atoms with Crippen molar-refractivity contribution in [3.05, 3.63) is 0 Å². The van der Waals surface area contributed by atoms with Gasteiger partial charge in [0, 0.05) is 12.0 Å². The highest BCUT2D eigenvalue weighted by Crippen LogP contribution is 2.36. The SMILES string of the molecule is CC(C)(C#C[Si](C)(C)C)CCCCO[Si](C)(C)C(C)(C)C. The maximum Gasteiger partial charge on any atom is 0.191 e. The highest BCUT2D eigenvalue weighted by Gasteiger charge is 2.36. The zero-order valence-electron chi connectivity index (χ0n) is 16.2. The first-order chi connectivity index (χ1) is 9.16. The van der Waals surface area contributed by atoms with Crippen molar-refractivity contribution >= 4 is 16.4 Å². The lowest BCUT2D eigenvalue weighted by Crippen LogP contribution is -2.40. The third-order valence-electron chi connectivity index (χ3n) is 4.24. The molecule has 0 aliphatic carbocycles. The summed E-state index contributed by atoms with van der Waals surface area (Å²) in [7, 11) is -2.81. The van der Waals surface area contributed by atoms with Crippen molar-refractivity contribution in [2.24, 2.45) is 5.41 Å². The van der Waals surface area contributed by atoms with E-state index >= 15 is 0 Å². The average Bonchev–Trinajstić information content (AvgIpc) is 2.23. The van der Waals surface area contributed by atoms with E-state index < -0.39 is 16.4 Å². The van der Waals surface area contributed by atoms with Crippen molar-refractivity contribution < 1.29 is 4.43 Å². The molecular weight excluding hydrogens is 288 g/mol. The molecule has 0 bridgehead atoms. The Bertz CT molecular complexity index is 373. The molecule has 0 radical (unpaired) electrons. The summed E-state index contributed by atoms with van der Waals surface area (Å²) in [5, 5.41) is 0.315. The minimum atomic E-state index is -1.56. The Labute approximate surface area is 136 Å². The van der Waals surface area contributed by atoms with Crippen molar-refractivity contribution in [3.63, 3.8) is 0 Å². The molecular formula is C18H38OSi2. The van der Waals surface area contributed by atoms with Gasteiger partial charge in [-0.2, -0.15) is 0 Å². The molecule has 0 aromatic rings. The fraction of sp³-hybridized carbons (Fsp3) is 0.889. The van der Waals surface area contributed by atoms with Crippen LogP contribution >= 0.6 is 0 Å². The van der Waals surface area contributed by atoms with E-state index in [4.69, 9.17) is 4.43 Å². The van der Waals surface area contributed by atoms with Gasteiger partial charge < -0.3 is 4.43 Å². The number of hydrogen-bond acceptors (Lipinski definition) is 1. The summed E-state index contributed by atoms with van der Waals surface area (Å²) < 4.78 is 6.23. The molecule has 0 fully saturated rings. The van der Waals surface area contributed by atoms with Gasteiger partial charge in [-0.15, -0.1) is 11.5 Å². The van der Waals surface area contributed by atoms with E-state index in [0.717, 1.165) is 13.0 Å². The van der Waals surface area contributed by atoms with Crippen LogP contribution in [-0.4, -0.2) is 23.0 Å². The van der Waals surface area contributed by atoms with Crippen molar-refractivity contribution in [3.8, 4) is 11.5 Å². The Balaban J connectivity index is 4.14. The zero-order valence-corrected chi connectivity index (χ0v) is 18.2. The van der Waals surface area contributed by atoms with Crippen LogP contribution in [0.2, 0.25) is 37.8 Å². The second-order valence-corrected chi connectivity index (χ2v) is 19.0. The molecule has 0 unspecified atom stereocenters. The highest BCUT2D eigenvalue weighted by molar-refractivity contribution is 6.83. The first-order valence-electron chi connectivity index (χ1n) is 8.35. The van der Waals surface area contributed by atoms with E-state index in [1.165, 1.54) is 12.8 Å². The molecule has 0 spiro atoms. The fourth-order valence-electron chi connectivity index (χ4n) is 1.63. The molecule has 21 heavy (non-hydrogen) atoms. The standard InChI is InChI=1S/C18H38OSi2/c1-17(2,3)21(9,10)19-15-12-11-13-18(4,5)14-16-20(6,7)8/h11-13,15H2,1-10H3. The minimum Gasteiger partial charge on any atom is -0.417 e. The Kier molecular flexibility index (Phi) is 7.47. The molecule has 0 atom stereocenters. The third kappa shape index (κ3) is 9.55. The summed E-state index contributed by atoms with van der Waals surface area (Å²) in [5.74, 6) is 3.51. The Morgan fingerprint density at radius 3 is 1.81 bits per heavy atom. The normalized spacial score (nSPS) is 13.8. The van der Waals surface area contributed by atoms with E-state index in [-0.39, 0.29) is 5.41 Å². The molecule has 0 aromatic carbocycles. The van der Waals surface area contributed by atoms with Gasteiger partial charge in [0.15, 0.2) is 8.32 Å². The van der Waals surface area contributed by atoms with Crippen molar-refractivity contribution in [2.45, 2.75) is 91.7 Å². The van der Waals surface area contributed by atoms with Gasteiger partial charge in [0.1, 0.15) is 8.07 Å². The molecule has 0 heterocycles. The predicted octanol–water partition coefficient (Wildman–Crippen LogP) is 6.09. The number of unbranched alkanes of at least 4 members (excludes halogenated alkanes) is 1. The highest BCUT2D eigenvalue weighted by atomic mass is 28.4. The van der Waals surface area contributed by atoms with Gasteiger partial charge in [0.2, 0.25) is 0 Å². The molecule has 0 saturated carbocycles. The zero-order chi connectivity index (χ0) is 16.9. The van der Waals surface area contributed by atoms with Crippen LogP contribution in [0.1, 0.15) is 53.9 Å². The van der Waals surface area contributed by atoms with Gasteiger partial charge in [0.25, 0.3) is 0 Å². The molecule has 124 valence electrons. The summed E-state index contributed by atoms with van der Waals surface area (Å²) in [6.07, 6.45) is 3.54. The second-order valence-electron chi connectivity index (χ2n) is 9.45. The molecule has 0 aliphatic heterocycles. The van der Waals surface area contributed by atoms with Gasteiger partial charge >= 0.3 is 0 Å². The quantitative estimate of drug-likeness (QED) is 0.326. The van der Waals surface area contributed by atoms with E-state index in [1.807, 2.05) is 0 Å². The van der Waals surface area contributed by atoms with Crippen molar-refractivity contribution in [1.29, 1.82) is 0 Å². The molecule has 0 amide bonds. The molecule has 0 aromatic heterocycles. The molecule has 3 heteroatoms. The minimum absolute atomic E-state index is 0.150. The smallest absolute Gasteiger partial charge is 0.191 e. The average molecular weight is 327 g/mol. The third-order valence-corrected chi connectivity index (χ3v) is 9.65. The van der Waals surface area contributed by atoms with Gasteiger partial charge in [0.05, 0.1) is 0 Å². The summed E-state index contributed by atoms with van der Waals surface area (Å²) in [6.45, 7) is 23.9. The van der Waals surface area contributed by atoms with Crippen LogP contribution in [0.15, 0.2) is 0 Å². The van der Waals surface area contributed by atoms with Crippen LogP contribution in [0.4, 0.5) is 0 Å². The summed E-state index contributed by atoms with van der Waals surface area (Å²) in [5.41, 5.74) is 3.66. The van der Waals surface area contributed by atoms with Crippen LogP contribution < -0.4 is 0 Å². The largest absolute Gasteiger partial charge is 0.417 e. The van der Waals surface area contributed by atoms with Crippen molar-refractivity contribution in [2.75, 3.05) is 6.61 Å². The Morgan fingerprint density at radius 1 is 0.857 bits per heavy atom. The monoisotopic (exact) mass is 326 g/mol. The van der Waals surface area contributed by atoms with Crippen LogP contribution in [0.5, 0.6) is 0 Å². The number of hydrogen-bond donors (Lipinski definition) is 0. The molecule has 0 aliphatic rings. The van der Waals surface area contributed by atoms with E-state index in [9.17, 15) is 0 Å². The maximum absolute atomic E-state index is 6.23. The fourth-order valence-corrected chi connectivity index (χ4v) is 3.43. The lowest BCUT2D eigenvalue weighted by molar-refractivity contribution is 0.271. The molecule has 0 N–H and O–H groups in total. The first-order valence-corrected chi connectivity index (χ1v) is 14.8. The molecule has 0 saturated heterocycles.